The van der Waals surface area contributed by atoms with Crippen molar-refractivity contribution < 1.29 is 14.4 Å². The van der Waals surface area contributed by atoms with Crippen molar-refractivity contribution in [3.05, 3.63) is 35.9 Å². The Morgan fingerprint density at radius 3 is 2.77 bits per heavy atom. The fourth-order valence-corrected chi connectivity index (χ4v) is 3.27. The summed E-state index contributed by atoms with van der Waals surface area (Å²) < 4.78 is 0. The van der Waals surface area contributed by atoms with E-state index in [1.54, 1.807) is 18.2 Å². The van der Waals surface area contributed by atoms with Crippen LogP contribution in [0.25, 0.3) is 10.8 Å². The van der Waals surface area contributed by atoms with Gasteiger partial charge in [-0.15, -0.1) is 0 Å². The fourth-order valence-electron chi connectivity index (χ4n) is 3.27. The number of hydrogen-bond acceptors (Lipinski definition) is 4. The number of nitrogens with one attached hydrogen (secondary N) is 1. The quantitative estimate of drug-likeness (QED) is 0.610. The van der Waals surface area contributed by atoms with Crippen LogP contribution in [0.15, 0.2) is 30.3 Å². The smallest absolute Gasteiger partial charge is 0.259 e. The van der Waals surface area contributed by atoms with Crippen LogP contribution in [0.1, 0.15) is 23.2 Å². The number of amides is 3. The topological polar surface area (TPSA) is 92.5 Å². The van der Waals surface area contributed by atoms with Crippen molar-refractivity contribution in [1.82, 2.24) is 5.32 Å². The molecule has 0 aliphatic carbocycles. The second kappa shape index (κ2) is 4.30. The first kappa shape index (κ1) is 12.8. The molecule has 1 fully saturated rings. The van der Waals surface area contributed by atoms with E-state index in [2.05, 4.69) is 5.32 Å². The van der Waals surface area contributed by atoms with E-state index in [0.29, 0.717) is 23.4 Å². The molecule has 0 spiro atoms. The maximum absolute atomic E-state index is 12.7. The number of nitrogens with two attached hydrogens (primary N) is 1. The van der Waals surface area contributed by atoms with E-state index in [1.807, 2.05) is 12.1 Å². The van der Waals surface area contributed by atoms with Gasteiger partial charge in [0.15, 0.2) is 0 Å². The predicted octanol–water partition coefficient (Wildman–Crippen LogP) is 1.19. The summed E-state index contributed by atoms with van der Waals surface area (Å²) in [7, 11) is 0. The molecule has 6 nitrogen and oxygen atoms in total. The average Bonchev–Trinajstić information content (AvgIpc) is 2.74. The Labute approximate surface area is 125 Å². The molecule has 2 aromatic rings. The van der Waals surface area contributed by atoms with Crippen molar-refractivity contribution in [2.75, 3.05) is 10.6 Å². The molecule has 0 bridgehead atoms. The summed E-state index contributed by atoms with van der Waals surface area (Å²) in [6.45, 7) is 0. The molecule has 1 saturated heterocycles. The highest BCUT2D eigenvalue weighted by Gasteiger charge is 2.40. The molecule has 0 saturated carbocycles. The standard InChI is InChI=1S/C16H13N3O3/c17-9-6-8-2-1-3-10-14(8)12(7-9)19(16(10)22)11-4-5-13(20)18-15(11)21/h1-3,6-7,11H,4-5,17H2,(H,18,20,21). The third kappa shape index (κ3) is 1.64. The second-order valence-corrected chi connectivity index (χ2v) is 5.59. The van der Waals surface area contributed by atoms with Crippen LogP contribution in [0.2, 0.25) is 0 Å². The maximum Gasteiger partial charge on any atom is 0.259 e. The van der Waals surface area contributed by atoms with Crippen LogP contribution in [0.5, 0.6) is 0 Å². The molecule has 0 radical (unpaired) electrons. The first-order valence-corrected chi connectivity index (χ1v) is 7.06. The van der Waals surface area contributed by atoms with Crippen LogP contribution in [-0.4, -0.2) is 23.8 Å². The number of piperidine rings is 1. The van der Waals surface area contributed by atoms with E-state index >= 15 is 0 Å². The number of rotatable bonds is 1. The van der Waals surface area contributed by atoms with Gasteiger partial charge in [-0.3, -0.25) is 24.6 Å². The Bertz CT molecular complexity index is 859. The lowest BCUT2D eigenvalue weighted by Gasteiger charge is -2.30. The molecular formula is C16H13N3O3. The third-order valence-electron chi connectivity index (χ3n) is 4.21. The van der Waals surface area contributed by atoms with Gasteiger partial charge < -0.3 is 5.73 Å². The average molecular weight is 295 g/mol. The molecule has 2 aliphatic rings. The summed E-state index contributed by atoms with van der Waals surface area (Å²) in [5, 5.41) is 3.98. The predicted molar refractivity (Wildman–Crippen MR) is 81.3 cm³/mol. The van der Waals surface area contributed by atoms with Gasteiger partial charge in [-0.2, -0.15) is 0 Å². The van der Waals surface area contributed by atoms with Crippen molar-refractivity contribution in [2.24, 2.45) is 0 Å². The van der Waals surface area contributed by atoms with Crippen LogP contribution in [0.4, 0.5) is 11.4 Å². The van der Waals surface area contributed by atoms with E-state index in [9.17, 15) is 14.4 Å². The number of hydrogen-bond donors (Lipinski definition) is 2. The molecule has 3 N–H and O–H groups in total. The summed E-state index contributed by atoms with van der Waals surface area (Å²) in [6.07, 6.45) is 0.544. The Kier molecular flexibility index (Phi) is 2.51. The maximum atomic E-state index is 12.7. The molecule has 0 aromatic heterocycles. The first-order valence-electron chi connectivity index (χ1n) is 7.06. The summed E-state index contributed by atoms with van der Waals surface area (Å²) in [5.41, 5.74) is 7.67. The molecule has 110 valence electrons. The largest absolute Gasteiger partial charge is 0.399 e. The Hall–Kier alpha value is -2.89. The van der Waals surface area contributed by atoms with Gasteiger partial charge in [0, 0.05) is 23.1 Å². The van der Waals surface area contributed by atoms with Gasteiger partial charge in [-0.1, -0.05) is 12.1 Å². The highest BCUT2D eigenvalue weighted by Crippen LogP contribution is 2.41. The number of imide groups is 1. The first-order chi connectivity index (χ1) is 10.6. The molecule has 2 aliphatic heterocycles. The molecule has 22 heavy (non-hydrogen) atoms. The van der Waals surface area contributed by atoms with E-state index < -0.39 is 11.9 Å². The molecule has 2 heterocycles. The van der Waals surface area contributed by atoms with Crippen LogP contribution >= 0.6 is 0 Å². The Balaban J connectivity index is 1.89. The van der Waals surface area contributed by atoms with Crippen LogP contribution in [-0.2, 0) is 9.59 Å². The number of carbonyl (C=O) groups is 3. The van der Waals surface area contributed by atoms with E-state index in [1.165, 1.54) is 4.90 Å². The number of nitrogen functional groups attached to an aromatic ring is 1. The lowest BCUT2D eigenvalue weighted by Crippen LogP contribution is -2.53. The van der Waals surface area contributed by atoms with E-state index in [0.717, 1.165) is 10.8 Å². The Morgan fingerprint density at radius 2 is 2.00 bits per heavy atom. The fraction of sp³-hybridized carbons (Fsp3) is 0.188. The highest BCUT2D eigenvalue weighted by atomic mass is 16.2. The van der Waals surface area contributed by atoms with Gasteiger partial charge in [0.2, 0.25) is 11.8 Å². The van der Waals surface area contributed by atoms with Crippen molar-refractivity contribution >= 4 is 39.9 Å². The van der Waals surface area contributed by atoms with Crippen molar-refractivity contribution in [3.8, 4) is 0 Å². The molecule has 3 amide bonds. The molecule has 2 aromatic carbocycles. The van der Waals surface area contributed by atoms with Gasteiger partial charge in [0.05, 0.1) is 5.69 Å². The zero-order chi connectivity index (χ0) is 15.4. The number of benzene rings is 2. The normalized spacial score (nSPS) is 20.6. The van der Waals surface area contributed by atoms with Crippen molar-refractivity contribution in [3.63, 3.8) is 0 Å². The third-order valence-corrected chi connectivity index (χ3v) is 4.21. The minimum atomic E-state index is -0.678. The summed E-state index contributed by atoms with van der Waals surface area (Å²) >= 11 is 0. The highest BCUT2D eigenvalue weighted by molar-refractivity contribution is 6.27. The zero-order valence-electron chi connectivity index (χ0n) is 11.6. The van der Waals surface area contributed by atoms with Crippen molar-refractivity contribution in [2.45, 2.75) is 18.9 Å². The second-order valence-electron chi connectivity index (χ2n) is 5.59. The molecular weight excluding hydrogens is 282 g/mol. The number of carbonyl (C=O) groups excluding carboxylic acids is 3. The van der Waals surface area contributed by atoms with Gasteiger partial charge in [0.1, 0.15) is 6.04 Å². The molecule has 6 heteroatoms. The van der Waals surface area contributed by atoms with Gasteiger partial charge in [-0.25, -0.2) is 0 Å². The summed E-state index contributed by atoms with van der Waals surface area (Å²) in [4.78, 5) is 37.7. The minimum Gasteiger partial charge on any atom is -0.399 e. The summed E-state index contributed by atoms with van der Waals surface area (Å²) in [5.74, 6) is -0.961. The molecule has 4 rings (SSSR count). The SMILES string of the molecule is Nc1cc2c3c(cccc3c1)C(=O)N2C1CCC(=O)NC1=O. The van der Waals surface area contributed by atoms with Gasteiger partial charge in [-0.05, 0) is 30.0 Å². The van der Waals surface area contributed by atoms with Gasteiger partial charge in [0.25, 0.3) is 5.91 Å². The van der Waals surface area contributed by atoms with Crippen LogP contribution < -0.4 is 16.0 Å². The van der Waals surface area contributed by atoms with Crippen molar-refractivity contribution in [1.29, 1.82) is 0 Å². The zero-order valence-corrected chi connectivity index (χ0v) is 11.6. The van der Waals surface area contributed by atoms with Crippen LogP contribution in [0, 0.1) is 0 Å². The monoisotopic (exact) mass is 295 g/mol. The lowest BCUT2D eigenvalue weighted by molar-refractivity contribution is -0.134. The molecule has 1 atom stereocenters. The number of nitrogens with zero attached hydrogens (tertiary/aromatic N) is 1. The van der Waals surface area contributed by atoms with Crippen LogP contribution in [0.3, 0.4) is 0 Å². The van der Waals surface area contributed by atoms with E-state index in [4.69, 9.17) is 5.73 Å². The minimum absolute atomic E-state index is 0.222. The lowest BCUT2D eigenvalue weighted by atomic mass is 10.0. The Morgan fingerprint density at radius 1 is 1.18 bits per heavy atom. The number of anilines is 2. The van der Waals surface area contributed by atoms with E-state index in [-0.39, 0.29) is 18.2 Å². The molecule has 1 unspecified atom stereocenters. The summed E-state index contributed by atoms with van der Waals surface area (Å²) in [6, 6.07) is 8.27. The van der Waals surface area contributed by atoms with Gasteiger partial charge >= 0.3 is 0 Å².